The Morgan fingerprint density at radius 1 is 0.712 bits per heavy atom. The van der Waals surface area contributed by atoms with Gasteiger partial charge in [-0.2, -0.15) is 0 Å². The number of hydrogen-bond acceptors (Lipinski definition) is 8. The molecule has 1 aromatic heterocycles. The lowest BCUT2D eigenvalue weighted by Crippen LogP contribution is -2.32. The van der Waals surface area contributed by atoms with Gasteiger partial charge in [-0.05, 0) is 107 Å². The molecule has 1 aliphatic rings. The van der Waals surface area contributed by atoms with Crippen LogP contribution in [0.15, 0.2) is 106 Å². The molecular formula is C44H53N3O5. The molecule has 0 saturated carbocycles. The van der Waals surface area contributed by atoms with Gasteiger partial charge < -0.3 is 33.3 Å². The topological polar surface area (TPSA) is 67.6 Å². The number of fused-ring (bicyclic) bond motifs is 1. The van der Waals surface area contributed by atoms with Crippen LogP contribution in [0, 0.1) is 0 Å². The van der Waals surface area contributed by atoms with E-state index >= 15 is 0 Å². The van der Waals surface area contributed by atoms with Gasteiger partial charge in [0.05, 0.1) is 7.11 Å². The van der Waals surface area contributed by atoms with Crippen LogP contribution < -0.4 is 24.5 Å². The Balaban J connectivity index is 1.13. The molecule has 0 unspecified atom stereocenters. The molecule has 4 aromatic carbocycles. The second-order valence-electron chi connectivity index (χ2n) is 13.9. The van der Waals surface area contributed by atoms with E-state index in [-0.39, 0.29) is 17.6 Å². The number of benzene rings is 4. The van der Waals surface area contributed by atoms with Gasteiger partial charge in [-0.3, -0.25) is 4.79 Å². The maximum Gasteiger partial charge on any atom is 0.205 e. The Labute approximate surface area is 308 Å². The summed E-state index contributed by atoms with van der Waals surface area (Å²) in [5.41, 5.74) is 3.97. The lowest BCUT2D eigenvalue weighted by molar-refractivity contribution is 0.211. The van der Waals surface area contributed by atoms with Crippen LogP contribution in [-0.4, -0.2) is 70.3 Å². The number of likely N-dealkylation sites (tertiary alicyclic amines) is 1. The van der Waals surface area contributed by atoms with Crippen LogP contribution in [-0.2, 0) is 13.2 Å². The van der Waals surface area contributed by atoms with Crippen molar-refractivity contribution in [3.8, 4) is 28.6 Å². The second-order valence-corrected chi connectivity index (χ2v) is 13.9. The zero-order valence-electron chi connectivity index (χ0n) is 31.0. The number of methoxy groups -OCH3 is 1. The van der Waals surface area contributed by atoms with E-state index in [0.717, 1.165) is 48.4 Å². The first-order chi connectivity index (χ1) is 25.5. The van der Waals surface area contributed by atoms with Gasteiger partial charge in [-0.15, -0.1) is 0 Å². The lowest BCUT2D eigenvalue weighted by Gasteiger charge is -2.27. The molecule has 5 aromatic rings. The molecule has 0 amide bonds. The molecule has 0 bridgehead atoms. The zero-order chi connectivity index (χ0) is 36.1. The normalized spacial score (nSPS) is 13.4. The Bertz CT molecular complexity index is 1890. The standard InChI is InChI=1S/C44H53N3O5/c1-45(25-15-29-47-27-11-6-12-28-47)24-13-14-26-46(2)37-22-20-36(21-23-37)39-30-38(48)42-40(50-32-34-16-7-4-8-17-34)31-41(43(49-3)44(42)52-39)51-33-35-18-9-5-10-19-35/h4-5,7-10,16-23,30-31H,6,11-15,24-29,32-33H2,1-3H3. The average Bonchev–Trinajstić information content (AvgIpc) is 3.18. The summed E-state index contributed by atoms with van der Waals surface area (Å²) in [4.78, 5) is 21.2. The van der Waals surface area contributed by atoms with Gasteiger partial charge in [0.15, 0.2) is 16.8 Å². The van der Waals surface area contributed by atoms with Crippen molar-refractivity contribution in [3.05, 3.63) is 118 Å². The van der Waals surface area contributed by atoms with E-state index in [1.54, 1.807) is 13.2 Å². The van der Waals surface area contributed by atoms with Crippen LogP contribution in [0.4, 0.5) is 5.69 Å². The van der Waals surface area contributed by atoms with E-state index in [0.29, 0.717) is 35.0 Å². The Kier molecular flexibility index (Phi) is 13.2. The molecule has 6 rings (SSSR count). The molecule has 274 valence electrons. The number of hydrogen-bond donors (Lipinski definition) is 0. The summed E-state index contributed by atoms with van der Waals surface area (Å²) >= 11 is 0. The van der Waals surface area contributed by atoms with Crippen molar-refractivity contribution in [2.24, 2.45) is 0 Å². The summed E-state index contributed by atoms with van der Waals surface area (Å²) in [7, 11) is 5.93. The van der Waals surface area contributed by atoms with E-state index in [4.69, 9.17) is 18.6 Å². The third-order valence-corrected chi connectivity index (χ3v) is 9.90. The molecule has 1 saturated heterocycles. The predicted octanol–water partition coefficient (Wildman–Crippen LogP) is 8.65. The Morgan fingerprint density at radius 2 is 1.33 bits per heavy atom. The largest absolute Gasteiger partial charge is 0.490 e. The maximum absolute atomic E-state index is 13.8. The summed E-state index contributed by atoms with van der Waals surface area (Å²) in [6.07, 6.45) is 7.66. The molecule has 8 nitrogen and oxygen atoms in total. The van der Waals surface area contributed by atoms with Gasteiger partial charge in [-0.1, -0.05) is 67.1 Å². The van der Waals surface area contributed by atoms with Crippen molar-refractivity contribution in [2.45, 2.75) is 51.7 Å². The number of ether oxygens (including phenoxy) is 3. The molecule has 52 heavy (non-hydrogen) atoms. The summed E-state index contributed by atoms with van der Waals surface area (Å²) in [6, 6.07) is 31.2. The quantitative estimate of drug-likeness (QED) is 0.0841. The highest BCUT2D eigenvalue weighted by Gasteiger charge is 2.22. The van der Waals surface area contributed by atoms with E-state index in [9.17, 15) is 4.79 Å². The third-order valence-electron chi connectivity index (χ3n) is 9.90. The van der Waals surface area contributed by atoms with Crippen LogP contribution in [0.5, 0.6) is 17.2 Å². The first-order valence-electron chi connectivity index (χ1n) is 18.7. The first-order valence-corrected chi connectivity index (χ1v) is 18.7. The highest BCUT2D eigenvalue weighted by molar-refractivity contribution is 5.92. The minimum atomic E-state index is -0.218. The van der Waals surface area contributed by atoms with Crippen LogP contribution in [0.2, 0.25) is 0 Å². The third kappa shape index (κ3) is 9.96. The molecule has 0 spiro atoms. The van der Waals surface area contributed by atoms with Gasteiger partial charge in [0, 0.05) is 37.0 Å². The molecular weight excluding hydrogens is 650 g/mol. The molecule has 0 radical (unpaired) electrons. The smallest absolute Gasteiger partial charge is 0.205 e. The van der Waals surface area contributed by atoms with Gasteiger partial charge >= 0.3 is 0 Å². The number of unbranched alkanes of at least 4 members (excludes halogenated alkanes) is 1. The summed E-state index contributed by atoms with van der Waals surface area (Å²) in [6.45, 7) is 7.64. The Morgan fingerprint density at radius 3 is 1.98 bits per heavy atom. The van der Waals surface area contributed by atoms with Crippen molar-refractivity contribution in [1.82, 2.24) is 9.80 Å². The minimum absolute atomic E-state index is 0.218. The fourth-order valence-corrected chi connectivity index (χ4v) is 6.88. The summed E-state index contributed by atoms with van der Waals surface area (Å²) in [5.74, 6) is 1.61. The summed E-state index contributed by atoms with van der Waals surface area (Å²) < 4.78 is 24.8. The van der Waals surface area contributed by atoms with Crippen molar-refractivity contribution in [1.29, 1.82) is 0 Å². The van der Waals surface area contributed by atoms with E-state index in [1.165, 1.54) is 57.8 Å². The van der Waals surface area contributed by atoms with Crippen LogP contribution >= 0.6 is 0 Å². The minimum Gasteiger partial charge on any atom is -0.490 e. The summed E-state index contributed by atoms with van der Waals surface area (Å²) in [5, 5.41) is 0.313. The van der Waals surface area contributed by atoms with Crippen molar-refractivity contribution in [3.63, 3.8) is 0 Å². The highest BCUT2D eigenvalue weighted by Crippen LogP contribution is 2.42. The second kappa shape index (κ2) is 18.6. The molecule has 0 N–H and O–H groups in total. The van der Waals surface area contributed by atoms with E-state index in [1.807, 2.05) is 72.8 Å². The van der Waals surface area contributed by atoms with Crippen molar-refractivity contribution >= 4 is 16.7 Å². The fraction of sp³-hybridized carbons (Fsp3) is 0.386. The van der Waals surface area contributed by atoms with Crippen LogP contribution in [0.1, 0.15) is 49.7 Å². The van der Waals surface area contributed by atoms with Gasteiger partial charge in [-0.25, -0.2) is 0 Å². The monoisotopic (exact) mass is 703 g/mol. The van der Waals surface area contributed by atoms with Gasteiger partial charge in [0.25, 0.3) is 0 Å². The number of anilines is 1. The van der Waals surface area contributed by atoms with Crippen molar-refractivity contribution < 1.29 is 18.6 Å². The SMILES string of the molecule is COc1c(OCc2ccccc2)cc(OCc2ccccc2)c2c(=O)cc(-c3ccc(N(C)CCCCN(C)CCCN4CCCCC4)cc3)oc12. The van der Waals surface area contributed by atoms with Gasteiger partial charge in [0.1, 0.15) is 30.1 Å². The highest BCUT2D eigenvalue weighted by atomic mass is 16.5. The number of nitrogens with zero attached hydrogens (tertiary/aromatic N) is 3. The average molecular weight is 704 g/mol. The van der Waals surface area contributed by atoms with Crippen LogP contribution in [0.25, 0.3) is 22.3 Å². The van der Waals surface area contributed by atoms with Crippen molar-refractivity contribution in [2.75, 3.05) is 65.4 Å². The maximum atomic E-state index is 13.8. The number of rotatable bonds is 18. The van der Waals surface area contributed by atoms with E-state index in [2.05, 4.69) is 40.9 Å². The lowest BCUT2D eigenvalue weighted by atomic mass is 10.1. The number of piperidine rings is 1. The molecule has 1 fully saturated rings. The molecule has 1 aliphatic heterocycles. The molecule has 8 heteroatoms. The zero-order valence-corrected chi connectivity index (χ0v) is 31.0. The molecule has 2 heterocycles. The molecule has 0 aliphatic carbocycles. The van der Waals surface area contributed by atoms with Gasteiger partial charge in [0.2, 0.25) is 5.75 Å². The predicted molar refractivity (Wildman–Crippen MR) is 211 cm³/mol. The molecule has 0 atom stereocenters. The first kappa shape index (κ1) is 37.0. The van der Waals surface area contributed by atoms with E-state index < -0.39 is 0 Å². The Hall–Kier alpha value is -4.79. The fourth-order valence-electron chi connectivity index (χ4n) is 6.88. The van der Waals surface area contributed by atoms with Crippen LogP contribution in [0.3, 0.4) is 0 Å².